The van der Waals surface area contributed by atoms with E-state index >= 15 is 0 Å². The zero-order valence-corrected chi connectivity index (χ0v) is 16.7. The van der Waals surface area contributed by atoms with Gasteiger partial charge in [0.05, 0.1) is 14.2 Å². The SMILES string of the molecule is CCCc1cc(OC)c(C[C@@H](CC)NC(=O)OC(C)(C)C)cc1OC. The van der Waals surface area contributed by atoms with Crippen molar-refractivity contribution in [1.82, 2.24) is 5.32 Å². The Bertz CT molecular complexity index is 564. The van der Waals surface area contributed by atoms with Gasteiger partial charge < -0.3 is 19.5 Å². The lowest BCUT2D eigenvalue weighted by Gasteiger charge is -2.24. The summed E-state index contributed by atoms with van der Waals surface area (Å²) >= 11 is 0. The maximum Gasteiger partial charge on any atom is 0.407 e. The van der Waals surface area contributed by atoms with Gasteiger partial charge in [0.2, 0.25) is 0 Å². The van der Waals surface area contributed by atoms with Crippen molar-refractivity contribution in [2.45, 2.75) is 71.9 Å². The number of alkyl carbamates (subject to hydrolysis) is 1. The first-order valence-corrected chi connectivity index (χ1v) is 8.97. The minimum absolute atomic E-state index is 0.0366. The van der Waals surface area contributed by atoms with Gasteiger partial charge in [-0.15, -0.1) is 0 Å². The van der Waals surface area contributed by atoms with Crippen LogP contribution in [0.15, 0.2) is 12.1 Å². The molecule has 1 rings (SSSR count). The molecular formula is C20H33NO4. The molecule has 1 N–H and O–H groups in total. The second-order valence-electron chi connectivity index (χ2n) is 7.18. The lowest BCUT2D eigenvalue weighted by atomic mass is 9.99. The van der Waals surface area contributed by atoms with Crippen molar-refractivity contribution in [3.05, 3.63) is 23.3 Å². The highest BCUT2D eigenvalue weighted by Crippen LogP contribution is 2.31. The molecule has 0 saturated heterocycles. The molecule has 1 aromatic rings. The summed E-state index contributed by atoms with van der Waals surface area (Å²) in [5.41, 5.74) is 1.64. The molecule has 25 heavy (non-hydrogen) atoms. The predicted octanol–water partition coefficient (Wildman–Crippen LogP) is 4.50. The lowest BCUT2D eigenvalue weighted by molar-refractivity contribution is 0.0502. The van der Waals surface area contributed by atoms with E-state index in [1.165, 1.54) is 0 Å². The highest BCUT2D eigenvalue weighted by molar-refractivity contribution is 5.68. The molecule has 0 saturated carbocycles. The van der Waals surface area contributed by atoms with Crippen molar-refractivity contribution in [2.24, 2.45) is 0 Å². The van der Waals surface area contributed by atoms with E-state index in [2.05, 4.69) is 12.2 Å². The first-order chi connectivity index (χ1) is 11.7. The Balaban J connectivity index is 2.96. The number of amides is 1. The zero-order valence-electron chi connectivity index (χ0n) is 16.7. The second kappa shape index (κ2) is 9.54. The van der Waals surface area contributed by atoms with Crippen molar-refractivity contribution < 1.29 is 19.0 Å². The highest BCUT2D eigenvalue weighted by Gasteiger charge is 2.20. The fourth-order valence-electron chi connectivity index (χ4n) is 2.69. The van der Waals surface area contributed by atoms with Gasteiger partial charge in [-0.3, -0.25) is 0 Å². The first kappa shape index (κ1) is 21.1. The second-order valence-corrected chi connectivity index (χ2v) is 7.18. The number of rotatable bonds is 8. The summed E-state index contributed by atoms with van der Waals surface area (Å²) in [5.74, 6) is 1.69. The van der Waals surface area contributed by atoms with E-state index in [9.17, 15) is 4.79 Å². The van der Waals surface area contributed by atoms with E-state index in [4.69, 9.17) is 14.2 Å². The van der Waals surface area contributed by atoms with Gasteiger partial charge in [0.1, 0.15) is 17.1 Å². The van der Waals surface area contributed by atoms with Crippen LogP contribution in [0.2, 0.25) is 0 Å². The monoisotopic (exact) mass is 351 g/mol. The fourth-order valence-corrected chi connectivity index (χ4v) is 2.69. The Morgan fingerprint density at radius 2 is 1.64 bits per heavy atom. The summed E-state index contributed by atoms with van der Waals surface area (Å²) in [5, 5.41) is 2.94. The van der Waals surface area contributed by atoms with Crippen molar-refractivity contribution in [2.75, 3.05) is 14.2 Å². The molecule has 0 aliphatic carbocycles. The van der Waals surface area contributed by atoms with Gasteiger partial charge in [-0.2, -0.15) is 0 Å². The Labute approximate surface area is 152 Å². The third kappa shape index (κ3) is 6.85. The van der Waals surface area contributed by atoms with Crippen LogP contribution in [0, 0.1) is 0 Å². The van der Waals surface area contributed by atoms with Crippen molar-refractivity contribution in [3.8, 4) is 11.5 Å². The molecule has 1 amide bonds. The smallest absolute Gasteiger partial charge is 0.407 e. The summed E-state index contributed by atoms with van der Waals surface area (Å²) < 4.78 is 16.5. The molecule has 0 heterocycles. The van der Waals surface area contributed by atoms with Crippen molar-refractivity contribution in [3.63, 3.8) is 0 Å². The van der Waals surface area contributed by atoms with E-state index in [1.807, 2.05) is 39.8 Å². The summed E-state index contributed by atoms with van der Waals surface area (Å²) in [7, 11) is 3.35. The maximum absolute atomic E-state index is 12.0. The number of benzene rings is 1. The molecule has 0 spiro atoms. The lowest BCUT2D eigenvalue weighted by Crippen LogP contribution is -2.40. The average molecular weight is 351 g/mol. The van der Waals surface area contributed by atoms with Crippen molar-refractivity contribution >= 4 is 6.09 Å². The average Bonchev–Trinajstić information content (AvgIpc) is 2.53. The molecule has 142 valence electrons. The van der Waals surface area contributed by atoms with Gasteiger partial charge in [0.25, 0.3) is 0 Å². The van der Waals surface area contributed by atoms with Gasteiger partial charge in [0.15, 0.2) is 0 Å². The van der Waals surface area contributed by atoms with Crippen LogP contribution < -0.4 is 14.8 Å². The van der Waals surface area contributed by atoms with Crippen LogP contribution >= 0.6 is 0 Å². The number of aryl methyl sites for hydroxylation is 1. The molecule has 0 unspecified atom stereocenters. The molecule has 0 bridgehead atoms. The number of hydrogen-bond acceptors (Lipinski definition) is 4. The molecule has 0 aromatic heterocycles. The van der Waals surface area contributed by atoms with Gasteiger partial charge in [-0.1, -0.05) is 20.3 Å². The third-order valence-corrected chi connectivity index (χ3v) is 3.88. The van der Waals surface area contributed by atoms with E-state index in [-0.39, 0.29) is 6.04 Å². The molecule has 5 nitrogen and oxygen atoms in total. The molecule has 0 radical (unpaired) electrons. The van der Waals surface area contributed by atoms with Crippen molar-refractivity contribution in [1.29, 1.82) is 0 Å². The molecular weight excluding hydrogens is 318 g/mol. The van der Waals surface area contributed by atoms with Gasteiger partial charge in [-0.05, 0) is 63.3 Å². The minimum atomic E-state index is -0.509. The van der Waals surface area contributed by atoms with Gasteiger partial charge in [-0.25, -0.2) is 4.79 Å². The molecule has 5 heteroatoms. The van der Waals surface area contributed by atoms with E-state index in [0.29, 0.717) is 6.42 Å². The highest BCUT2D eigenvalue weighted by atomic mass is 16.6. The van der Waals surface area contributed by atoms with Crippen LogP contribution in [0.3, 0.4) is 0 Å². The van der Waals surface area contributed by atoms with Crippen LogP contribution in [-0.4, -0.2) is 32.0 Å². The fraction of sp³-hybridized carbons (Fsp3) is 0.650. The number of ether oxygens (including phenoxy) is 3. The van der Waals surface area contributed by atoms with Crippen LogP contribution in [0.1, 0.15) is 58.6 Å². The Hall–Kier alpha value is -1.91. The summed E-state index contributed by atoms with van der Waals surface area (Å²) in [4.78, 5) is 12.0. The topological polar surface area (TPSA) is 56.8 Å². The Morgan fingerprint density at radius 1 is 1.08 bits per heavy atom. The molecule has 0 aliphatic heterocycles. The number of carbonyl (C=O) groups is 1. The van der Waals surface area contributed by atoms with Crippen LogP contribution in [0.25, 0.3) is 0 Å². The maximum atomic E-state index is 12.0. The molecule has 1 atom stereocenters. The standard InChI is InChI=1S/C20H33NO4/c1-8-10-14-12-18(24-7)15(13-17(14)23-6)11-16(9-2)21-19(22)25-20(3,4)5/h12-13,16H,8-11H2,1-7H3,(H,21,22)/t16-/m1/s1. The first-order valence-electron chi connectivity index (χ1n) is 8.97. The quantitative estimate of drug-likeness (QED) is 0.749. The predicted molar refractivity (Wildman–Crippen MR) is 101 cm³/mol. The third-order valence-electron chi connectivity index (χ3n) is 3.88. The minimum Gasteiger partial charge on any atom is -0.496 e. The number of hydrogen-bond donors (Lipinski definition) is 1. The van der Waals surface area contributed by atoms with Crippen LogP contribution in [0.5, 0.6) is 11.5 Å². The van der Waals surface area contributed by atoms with E-state index < -0.39 is 11.7 Å². The molecule has 0 aliphatic rings. The van der Waals surface area contributed by atoms with Crippen LogP contribution in [-0.2, 0) is 17.6 Å². The number of carbonyl (C=O) groups excluding carboxylic acids is 1. The molecule has 1 aromatic carbocycles. The largest absolute Gasteiger partial charge is 0.496 e. The molecule has 0 fully saturated rings. The zero-order chi connectivity index (χ0) is 19.0. The van der Waals surface area contributed by atoms with Crippen LogP contribution in [0.4, 0.5) is 4.79 Å². The number of nitrogens with one attached hydrogen (secondary N) is 1. The van der Waals surface area contributed by atoms with Gasteiger partial charge in [0, 0.05) is 6.04 Å². The Kier molecular flexibility index (Phi) is 8.07. The van der Waals surface area contributed by atoms with E-state index in [0.717, 1.165) is 41.9 Å². The normalized spacial score (nSPS) is 12.4. The summed E-state index contributed by atoms with van der Waals surface area (Å²) in [6.45, 7) is 9.74. The summed E-state index contributed by atoms with van der Waals surface area (Å²) in [6, 6.07) is 4.02. The summed E-state index contributed by atoms with van der Waals surface area (Å²) in [6.07, 6.45) is 3.03. The van der Waals surface area contributed by atoms with Gasteiger partial charge >= 0.3 is 6.09 Å². The number of methoxy groups -OCH3 is 2. The van der Waals surface area contributed by atoms with E-state index in [1.54, 1.807) is 14.2 Å². The Morgan fingerprint density at radius 3 is 2.12 bits per heavy atom.